The molecule has 0 aliphatic carbocycles. The van der Waals surface area contributed by atoms with E-state index in [2.05, 4.69) is 16.1 Å². The molecule has 0 radical (unpaired) electrons. The number of nitrogens with one attached hydrogen (secondary N) is 1. The monoisotopic (exact) mass is 262 g/mol. The van der Waals surface area contributed by atoms with Crippen LogP contribution < -0.4 is 5.32 Å². The Labute approximate surface area is 113 Å². The summed E-state index contributed by atoms with van der Waals surface area (Å²) in [6.45, 7) is 4.63. The third-order valence-corrected chi connectivity index (χ3v) is 2.73. The molecule has 0 heterocycles. The highest BCUT2D eigenvalue weighted by atomic mass is 16.5. The highest BCUT2D eigenvalue weighted by Crippen LogP contribution is 2.24. The highest BCUT2D eigenvalue weighted by molar-refractivity contribution is 5.66. The van der Waals surface area contributed by atoms with Crippen LogP contribution in [-0.4, -0.2) is 26.4 Å². The summed E-state index contributed by atoms with van der Waals surface area (Å²) < 4.78 is 10.2. The van der Waals surface area contributed by atoms with E-state index in [4.69, 9.17) is 10.00 Å². The van der Waals surface area contributed by atoms with E-state index < -0.39 is 11.7 Å². The molecule has 1 N–H and O–H groups in total. The fourth-order valence-electron chi connectivity index (χ4n) is 1.56. The topological polar surface area (TPSA) is 71.3 Å². The first-order chi connectivity index (χ1) is 8.99. The Kier molecular flexibility index (Phi) is 5.34. The van der Waals surface area contributed by atoms with Crippen molar-refractivity contribution in [2.45, 2.75) is 19.4 Å². The molecule has 0 fully saturated rings. The summed E-state index contributed by atoms with van der Waals surface area (Å²) in [7, 11) is 1.32. The smallest absolute Gasteiger partial charge is 0.406 e. The van der Waals surface area contributed by atoms with Gasteiger partial charge in [-0.2, -0.15) is 5.26 Å². The third-order valence-electron chi connectivity index (χ3n) is 2.73. The number of nitriles is 1. The molecule has 5 nitrogen and oxygen atoms in total. The van der Waals surface area contributed by atoms with Crippen LogP contribution in [0.5, 0.6) is 0 Å². The Morgan fingerprint density at radius 1 is 1.37 bits per heavy atom. The largest absolute Gasteiger partial charge is 0.453 e. The predicted octanol–water partition coefficient (Wildman–Crippen LogP) is 2.17. The number of benzene rings is 1. The van der Waals surface area contributed by atoms with Crippen molar-refractivity contribution in [3.05, 3.63) is 35.4 Å². The van der Waals surface area contributed by atoms with Crippen LogP contribution >= 0.6 is 0 Å². The number of nitrogens with zero attached hydrogens (tertiary/aromatic N) is 1. The van der Waals surface area contributed by atoms with Gasteiger partial charge in [0.25, 0.3) is 0 Å². The minimum Gasteiger partial charge on any atom is -0.453 e. The Morgan fingerprint density at radius 3 is 2.53 bits per heavy atom. The second kappa shape index (κ2) is 6.76. The van der Waals surface area contributed by atoms with E-state index in [1.165, 1.54) is 7.11 Å². The molecule has 1 amide bonds. The number of amides is 1. The number of alkyl carbamates (subject to hydrolysis) is 1. The number of hydrogen-bond donors (Lipinski definition) is 1. The van der Waals surface area contributed by atoms with Crippen LogP contribution in [0.25, 0.3) is 0 Å². The van der Waals surface area contributed by atoms with Crippen molar-refractivity contribution in [1.29, 1.82) is 5.26 Å². The molecule has 0 saturated carbocycles. The van der Waals surface area contributed by atoms with Gasteiger partial charge in [-0.05, 0) is 31.5 Å². The van der Waals surface area contributed by atoms with Gasteiger partial charge in [0.1, 0.15) is 0 Å². The SMILES string of the molecule is COC(=O)NCCOC(C)(C)c1ccc(C#N)cc1. The fourth-order valence-corrected chi connectivity index (χ4v) is 1.56. The van der Waals surface area contributed by atoms with Crippen LogP contribution in [0, 0.1) is 11.3 Å². The summed E-state index contributed by atoms with van der Waals surface area (Å²) in [5.41, 5.74) is 1.11. The molecule has 0 unspecified atom stereocenters. The van der Waals surface area contributed by atoms with Gasteiger partial charge in [0.2, 0.25) is 0 Å². The standard InChI is InChI=1S/C14H18N2O3/c1-14(2,19-9-8-16-13(17)18-3)12-6-4-11(10-15)5-7-12/h4-7H,8-9H2,1-3H3,(H,16,17). The van der Waals surface area contributed by atoms with Gasteiger partial charge in [-0.1, -0.05) is 12.1 Å². The van der Waals surface area contributed by atoms with E-state index in [-0.39, 0.29) is 0 Å². The van der Waals surface area contributed by atoms with Gasteiger partial charge < -0.3 is 14.8 Å². The molecule has 0 saturated heterocycles. The Bertz CT molecular complexity index is 461. The van der Waals surface area contributed by atoms with Crippen molar-refractivity contribution in [2.75, 3.05) is 20.3 Å². The molecular formula is C14H18N2O3. The van der Waals surface area contributed by atoms with Crippen molar-refractivity contribution < 1.29 is 14.3 Å². The van der Waals surface area contributed by atoms with Crippen molar-refractivity contribution in [3.8, 4) is 6.07 Å². The van der Waals surface area contributed by atoms with Crippen molar-refractivity contribution >= 4 is 6.09 Å². The fraction of sp³-hybridized carbons (Fsp3) is 0.429. The van der Waals surface area contributed by atoms with Crippen molar-refractivity contribution in [1.82, 2.24) is 5.32 Å². The van der Waals surface area contributed by atoms with Gasteiger partial charge in [0.05, 0.1) is 31.0 Å². The maximum Gasteiger partial charge on any atom is 0.406 e. The first-order valence-electron chi connectivity index (χ1n) is 5.96. The van der Waals surface area contributed by atoms with E-state index >= 15 is 0 Å². The lowest BCUT2D eigenvalue weighted by molar-refractivity contribution is -0.0195. The Hall–Kier alpha value is -2.06. The number of carbonyl (C=O) groups excluding carboxylic acids is 1. The van der Waals surface area contributed by atoms with Gasteiger partial charge in [-0.25, -0.2) is 4.79 Å². The first kappa shape index (κ1) is 15.0. The van der Waals surface area contributed by atoms with Gasteiger partial charge in [0.15, 0.2) is 0 Å². The van der Waals surface area contributed by atoms with E-state index in [0.29, 0.717) is 18.7 Å². The summed E-state index contributed by atoms with van der Waals surface area (Å²) in [5, 5.41) is 11.3. The van der Waals surface area contributed by atoms with Gasteiger partial charge in [-0.3, -0.25) is 0 Å². The Balaban J connectivity index is 2.50. The molecular weight excluding hydrogens is 244 g/mol. The van der Waals surface area contributed by atoms with Crippen LogP contribution in [0.4, 0.5) is 4.79 Å². The molecule has 0 aromatic heterocycles. The predicted molar refractivity (Wildman–Crippen MR) is 70.5 cm³/mol. The van der Waals surface area contributed by atoms with Gasteiger partial charge in [-0.15, -0.1) is 0 Å². The average Bonchev–Trinajstić information content (AvgIpc) is 2.43. The maximum absolute atomic E-state index is 10.9. The summed E-state index contributed by atoms with van der Waals surface area (Å²) in [4.78, 5) is 10.9. The number of hydrogen-bond acceptors (Lipinski definition) is 4. The van der Waals surface area contributed by atoms with Crippen LogP contribution in [0.15, 0.2) is 24.3 Å². The molecule has 0 aliphatic heterocycles. The number of ether oxygens (including phenoxy) is 2. The van der Waals surface area contributed by atoms with E-state index in [9.17, 15) is 4.79 Å². The zero-order valence-electron chi connectivity index (χ0n) is 11.4. The molecule has 5 heteroatoms. The van der Waals surface area contributed by atoms with Crippen molar-refractivity contribution in [2.24, 2.45) is 0 Å². The highest BCUT2D eigenvalue weighted by Gasteiger charge is 2.20. The zero-order valence-corrected chi connectivity index (χ0v) is 11.4. The molecule has 102 valence electrons. The minimum atomic E-state index is -0.480. The number of carbonyl (C=O) groups is 1. The summed E-state index contributed by atoms with van der Waals surface area (Å²) in [5.74, 6) is 0. The van der Waals surface area contributed by atoms with Crippen LogP contribution in [0.2, 0.25) is 0 Å². The van der Waals surface area contributed by atoms with Crippen LogP contribution in [-0.2, 0) is 15.1 Å². The summed E-state index contributed by atoms with van der Waals surface area (Å²) in [6.07, 6.45) is -0.472. The Morgan fingerprint density at radius 2 is 2.00 bits per heavy atom. The van der Waals surface area contributed by atoms with E-state index in [1.807, 2.05) is 26.0 Å². The van der Waals surface area contributed by atoms with E-state index in [1.54, 1.807) is 12.1 Å². The maximum atomic E-state index is 10.9. The number of methoxy groups -OCH3 is 1. The molecule has 0 spiro atoms. The van der Waals surface area contributed by atoms with Gasteiger partial charge in [0, 0.05) is 6.54 Å². The molecule has 1 aromatic carbocycles. The summed E-state index contributed by atoms with van der Waals surface area (Å²) in [6, 6.07) is 9.32. The normalized spacial score (nSPS) is 10.6. The van der Waals surface area contributed by atoms with Crippen LogP contribution in [0.1, 0.15) is 25.0 Å². The second-order valence-corrected chi connectivity index (χ2v) is 4.47. The molecule has 1 aromatic rings. The van der Waals surface area contributed by atoms with Crippen molar-refractivity contribution in [3.63, 3.8) is 0 Å². The lowest BCUT2D eigenvalue weighted by Crippen LogP contribution is -2.30. The number of rotatable bonds is 5. The minimum absolute atomic E-state index is 0.377. The molecule has 19 heavy (non-hydrogen) atoms. The first-order valence-corrected chi connectivity index (χ1v) is 5.96. The second-order valence-electron chi connectivity index (χ2n) is 4.47. The average molecular weight is 262 g/mol. The molecule has 0 atom stereocenters. The molecule has 1 rings (SSSR count). The zero-order chi connectivity index (χ0) is 14.3. The molecule has 0 aliphatic rings. The summed E-state index contributed by atoms with van der Waals surface area (Å²) >= 11 is 0. The van der Waals surface area contributed by atoms with E-state index in [0.717, 1.165) is 5.56 Å². The molecule has 0 bridgehead atoms. The lowest BCUT2D eigenvalue weighted by atomic mass is 9.97. The lowest BCUT2D eigenvalue weighted by Gasteiger charge is -2.26. The third kappa shape index (κ3) is 4.60. The quantitative estimate of drug-likeness (QED) is 0.825. The van der Waals surface area contributed by atoms with Crippen LogP contribution in [0.3, 0.4) is 0 Å². The van der Waals surface area contributed by atoms with Gasteiger partial charge >= 0.3 is 6.09 Å².